The number of nitrogens with zero attached hydrogens (tertiary/aromatic N) is 5. The van der Waals surface area contributed by atoms with Crippen molar-refractivity contribution < 1.29 is 4.79 Å². The highest BCUT2D eigenvalue weighted by Gasteiger charge is 2.34. The summed E-state index contributed by atoms with van der Waals surface area (Å²) in [6.45, 7) is 1.21. The third-order valence-electron chi connectivity index (χ3n) is 4.84. The summed E-state index contributed by atoms with van der Waals surface area (Å²) in [6.07, 6.45) is 3.07. The van der Waals surface area contributed by atoms with Crippen LogP contribution in [0.1, 0.15) is 45.5 Å². The highest BCUT2D eigenvalue weighted by Crippen LogP contribution is 2.42. The molecular formula is C18H17N5OS. The number of fused-ring (bicyclic) bond motifs is 1. The Balaban J connectivity index is 1.41. The van der Waals surface area contributed by atoms with Crippen molar-refractivity contribution in [3.8, 4) is 5.69 Å². The third kappa shape index (κ3) is 2.55. The van der Waals surface area contributed by atoms with E-state index in [2.05, 4.69) is 15.3 Å². The molecule has 1 amide bonds. The fourth-order valence-electron chi connectivity index (χ4n) is 3.36. The van der Waals surface area contributed by atoms with Crippen LogP contribution in [0.3, 0.4) is 0 Å². The SMILES string of the molecule is O=C(c1scnc1C1CC1)N1CCc2c(nnn2-c2ccccc2)C1. The van der Waals surface area contributed by atoms with E-state index >= 15 is 0 Å². The maximum absolute atomic E-state index is 12.9. The van der Waals surface area contributed by atoms with Crippen molar-refractivity contribution in [3.05, 3.63) is 57.8 Å². The topological polar surface area (TPSA) is 63.9 Å². The molecule has 1 aliphatic carbocycles. The zero-order valence-electron chi connectivity index (χ0n) is 13.6. The van der Waals surface area contributed by atoms with Crippen molar-refractivity contribution >= 4 is 17.2 Å². The molecule has 7 heteroatoms. The molecule has 3 heterocycles. The summed E-state index contributed by atoms with van der Waals surface area (Å²) in [7, 11) is 0. The summed E-state index contributed by atoms with van der Waals surface area (Å²) >= 11 is 1.46. The fourth-order valence-corrected chi connectivity index (χ4v) is 4.20. The molecular weight excluding hydrogens is 334 g/mol. The summed E-state index contributed by atoms with van der Waals surface area (Å²) in [5, 5.41) is 8.62. The van der Waals surface area contributed by atoms with Crippen molar-refractivity contribution in [3.63, 3.8) is 0 Å². The van der Waals surface area contributed by atoms with Gasteiger partial charge in [-0.15, -0.1) is 16.4 Å². The summed E-state index contributed by atoms with van der Waals surface area (Å²) in [6, 6.07) is 10.0. The van der Waals surface area contributed by atoms with E-state index in [4.69, 9.17) is 0 Å². The molecule has 25 heavy (non-hydrogen) atoms. The van der Waals surface area contributed by atoms with Crippen LogP contribution in [0.2, 0.25) is 0 Å². The van der Waals surface area contributed by atoms with Gasteiger partial charge in [0.25, 0.3) is 5.91 Å². The van der Waals surface area contributed by atoms with Crippen LogP contribution in [0.4, 0.5) is 0 Å². The van der Waals surface area contributed by atoms with E-state index in [-0.39, 0.29) is 5.91 Å². The van der Waals surface area contributed by atoms with Crippen molar-refractivity contribution in [2.45, 2.75) is 31.7 Å². The molecule has 0 spiro atoms. The molecule has 2 aromatic heterocycles. The standard InChI is InChI=1S/C18H17N5OS/c24-18(17-16(12-6-7-12)19-11-25-17)22-9-8-15-14(10-22)20-21-23(15)13-4-2-1-3-5-13/h1-5,11-12H,6-10H2. The number of hydrogen-bond acceptors (Lipinski definition) is 5. The van der Waals surface area contributed by atoms with Gasteiger partial charge in [-0.3, -0.25) is 4.79 Å². The molecule has 0 N–H and O–H groups in total. The minimum Gasteiger partial charge on any atom is -0.331 e. The summed E-state index contributed by atoms with van der Waals surface area (Å²) in [4.78, 5) is 20.1. The Morgan fingerprint density at radius 1 is 1.20 bits per heavy atom. The van der Waals surface area contributed by atoms with E-state index in [1.807, 2.05) is 39.9 Å². The zero-order chi connectivity index (χ0) is 16.8. The first-order valence-electron chi connectivity index (χ1n) is 8.53. The Kier molecular flexibility index (Phi) is 3.41. The van der Waals surface area contributed by atoms with E-state index in [0.29, 0.717) is 19.0 Å². The van der Waals surface area contributed by atoms with E-state index in [1.54, 1.807) is 5.51 Å². The number of amides is 1. The lowest BCUT2D eigenvalue weighted by Crippen LogP contribution is -2.36. The Morgan fingerprint density at radius 3 is 2.84 bits per heavy atom. The molecule has 0 atom stereocenters. The maximum Gasteiger partial charge on any atom is 0.266 e. The predicted molar refractivity (Wildman–Crippen MR) is 93.9 cm³/mol. The number of thiazole rings is 1. The van der Waals surface area contributed by atoms with Crippen molar-refractivity contribution in [1.29, 1.82) is 0 Å². The Morgan fingerprint density at radius 2 is 2.04 bits per heavy atom. The summed E-state index contributed by atoms with van der Waals surface area (Å²) in [5.74, 6) is 0.578. The fraction of sp³-hybridized carbons (Fsp3) is 0.333. The largest absolute Gasteiger partial charge is 0.331 e. The Bertz CT molecular complexity index is 928. The molecule has 1 fully saturated rings. The van der Waals surface area contributed by atoms with Crippen molar-refractivity contribution in [2.24, 2.45) is 0 Å². The van der Waals surface area contributed by atoms with Gasteiger partial charge in [-0.25, -0.2) is 9.67 Å². The number of rotatable bonds is 3. The third-order valence-corrected chi connectivity index (χ3v) is 5.67. The van der Waals surface area contributed by atoms with Gasteiger partial charge in [0.15, 0.2) is 0 Å². The monoisotopic (exact) mass is 351 g/mol. The Hall–Kier alpha value is -2.54. The number of aromatic nitrogens is 4. The second-order valence-electron chi connectivity index (χ2n) is 6.55. The minimum absolute atomic E-state index is 0.0873. The first kappa shape index (κ1) is 14.8. The van der Waals surface area contributed by atoms with Crippen molar-refractivity contribution in [1.82, 2.24) is 24.9 Å². The van der Waals surface area contributed by atoms with Gasteiger partial charge in [-0.1, -0.05) is 23.4 Å². The molecule has 1 saturated carbocycles. The Labute approximate surface area is 149 Å². The van der Waals surface area contributed by atoms with Gasteiger partial charge in [0, 0.05) is 18.9 Å². The van der Waals surface area contributed by atoms with E-state index in [0.717, 1.165) is 46.9 Å². The number of benzene rings is 1. The molecule has 6 nitrogen and oxygen atoms in total. The van der Waals surface area contributed by atoms with Gasteiger partial charge < -0.3 is 4.90 Å². The van der Waals surface area contributed by atoms with Crippen LogP contribution < -0.4 is 0 Å². The van der Waals surface area contributed by atoms with E-state index < -0.39 is 0 Å². The van der Waals surface area contributed by atoms with Crippen LogP contribution in [0.15, 0.2) is 35.8 Å². The highest BCUT2D eigenvalue weighted by molar-refractivity contribution is 7.11. The molecule has 1 aliphatic heterocycles. The average molecular weight is 351 g/mol. The lowest BCUT2D eigenvalue weighted by atomic mass is 10.1. The van der Waals surface area contributed by atoms with Crippen LogP contribution in [-0.2, 0) is 13.0 Å². The highest BCUT2D eigenvalue weighted by atomic mass is 32.1. The molecule has 3 aromatic rings. The number of para-hydroxylation sites is 1. The zero-order valence-corrected chi connectivity index (χ0v) is 14.4. The predicted octanol–water partition coefficient (Wildman–Crippen LogP) is 2.80. The molecule has 0 radical (unpaired) electrons. The molecule has 126 valence electrons. The molecule has 0 unspecified atom stereocenters. The van der Waals surface area contributed by atoms with Crippen LogP contribution >= 0.6 is 11.3 Å². The first-order chi connectivity index (χ1) is 12.3. The maximum atomic E-state index is 12.9. The second-order valence-corrected chi connectivity index (χ2v) is 7.40. The van der Waals surface area contributed by atoms with Crippen molar-refractivity contribution in [2.75, 3.05) is 6.54 Å². The van der Waals surface area contributed by atoms with Gasteiger partial charge in [0.2, 0.25) is 0 Å². The first-order valence-corrected chi connectivity index (χ1v) is 9.41. The van der Waals surface area contributed by atoms with Gasteiger partial charge in [-0.2, -0.15) is 0 Å². The second kappa shape index (κ2) is 5.77. The van der Waals surface area contributed by atoms with Gasteiger partial charge in [-0.05, 0) is 25.0 Å². The molecule has 2 aliphatic rings. The van der Waals surface area contributed by atoms with E-state index in [9.17, 15) is 4.79 Å². The van der Waals surface area contributed by atoms with Crippen LogP contribution in [0.25, 0.3) is 5.69 Å². The van der Waals surface area contributed by atoms with E-state index in [1.165, 1.54) is 11.3 Å². The van der Waals surface area contributed by atoms with Gasteiger partial charge >= 0.3 is 0 Å². The quantitative estimate of drug-likeness (QED) is 0.728. The minimum atomic E-state index is 0.0873. The molecule has 0 saturated heterocycles. The van der Waals surface area contributed by atoms with Crippen LogP contribution in [-0.4, -0.2) is 37.3 Å². The lowest BCUT2D eigenvalue weighted by Gasteiger charge is -2.26. The number of carbonyl (C=O) groups is 1. The van der Waals surface area contributed by atoms with Crippen LogP contribution in [0, 0.1) is 0 Å². The molecule has 1 aromatic carbocycles. The van der Waals surface area contributed by atoms with Gasteiger partial charge in [0.05, 0.1) is 29.1 Å². The summed E-state index contributed by atoms with van der Waals surface area (Å²) in [5.41, 5.74) is 5.79. The number of hydrogen-bond donors (Lipinski definition) is 0. The molecule has 0 bridgehead atoms. The smallest absolute Gasteiger partial charge is 0.266 e. The number of carbonyl (C=O) groups excluding carboxylic acids is 1. The average Bonchev–Trinajstić information content (AvgIpc) is 3.23. The van der Waals surface area contributed by atoms with Crippen LogP contribution in [0.5, 0.6) is 0 Å². The molecule has 5 rings (SSSR count). The normalized spacial score (nSPS) is 16.7. The lowest BCUT2D eigenvalue weighted by molar-refractivity contribution is 0.0735. The van der Waals surface area contributed by atoms with Gasteiger partial charge in [0.1, 0.15) is 10.6 Å². The summed E-state index contributed by atoms with van der Waals surface area (Å²) < 4.78 is 1.89.